The van der Waals surface area contributed by atoms with Crippen LogP contribution in [0.15, 0.2) is 0 Å². The van der Waals surface area contributed by atoms with Gasteiger partial charge in [0.15, 0.2) is 5.78 Å². The van der Waals surface area contributed by atoms with Gasteiger partial charge >= 0.3 is 0 Å². The first kappa shape index (κ1) is 8.47. The van der Waals surface area contributed by atoms with Gasteiger partial charge in [-0.2, -0.15) is 10.4 Å². The van der Waals surface area contributed by atoms with Crippen molar-refractivity contribution in [2.75, 3.05) is 0 Å². The van der Waals surface area contributed by atoms with E-state index in [1.165, 1.54) is 0 Å². The van der Waals surface area contributed by atoms with Gasteiger partial charge in [0.2, 0.25) is 0 Å². The lowest BCUT2D eigenvalue weighted by molar-refractivity contribution is 0.0996. The van der Waals surface area contributed by atoms with Crippen molar-refractivity contribution in [1.29, 1.82) is 5.26 Å². The number of aryl methyl sites for hydroxylation is 2. The van der Waals surface area contributed by atoms with Crippen LogP contribution < -0.4 is 0 Å². The Bertz CT molecular complexity index is 326. The molecule has 1 heterocycles. The van der Waals surface area contributed by atoms with Gasteiger partial charge in [-0.15, -0.1) is 0 Å². The second kappa shape index (κ2) is 3.18. The van der Waals surface area contributed by atoms with Gasteiger partial charge < -0.3 is 0 Å². The number of nitriles is 1. The summed E-state index contributed by atoms with van der Waals surface area (Å²) in [4.78, 5) is 11.3. The van der Waals surface area contributed by atoms with Crippen molar-refractivity contribution in [3.8, 4) is 6.07 Å². The largest absolute Gasteiger partial charge is 0.293 e. The van der Waals surface area contributed by atoms with Crippen molar-refractivity contribution in [3.05, 3.63) is 17.0 Å². The zero-order valence-electron chi connectivity index (χ0n) is 7.01. The average molecular weight is 163 g/mol. The van der Waals surface area contributed by atoms with E-state index in [4.69, 9.17) is 5.26 Å². The lowest BCUT2D eigenvalue weighted by Gasteiger charge is -1.93. The summed E-state index contributed by atoms with van der Waals surface area (Å²) < 4.78 is 0. The number of Topliss-reactive ketones (excluding diaryl/α,β-unsaturated/α-hetero) is 1. The fourth-order valence-corrected chi connectivity index (χ4v) is 1.12. The van der Waals surface area contributed by atoms with Crippen molar-refractivity contribution < 1.29 is 4.79 Å². The molecule has 4 nitrogen and oxygen atoms in total. The standard InChI is InChI=1S/C8H9N3O/c1-5-8(6(2)11-10-5)7(12)3-4-9/h3H2,1-2H3,(H,10,11). The van der Waals surface area contributed by atoms with Crippen LogP contribution in [0.3, 0.4) is 0 Å². The van der Waals surface area contributed by atoms with Gasteiger partial charge in [0, 0.05) is 5.69 Å². The van der Waals surface area contributed by atoms with Crippen molar-refractivity contribution >= 4 is 5.78 Å². The molecule has 12 heavy (non-hydrogen) atoms. The second-order valence-electron chi connectivity index (χ2n) is 2.57. The Labute approximate surface area is 70.2 Å². The Balaban J connectivity index is 3.03. The number of hydrogen-bond acceptors (Lipinski definition) is 3. The van der Waals surface area contributed by atoms with Crippen LogP contribution in [-0.4, -0.2) is 16.0 Å². The first-order chi connectivity index (χ1) is 5.66. The van der Waals surface area contributed by atoms with Gasteiger partial charge in [-0.25, -0.2) is 0 Å². The van der Waals surface area contributed by atoms with Crippen molar-refractivity contribution in [1.82, 2.24) is 10.2 Å². The van der Waals surface area contributed by atoms with E-state index in [1.54, 1.807) is 13.8 Å². The van der Waals surface area contributed by atoms with Gasteiger partial charge in [-0.1, -0.05) is 0 Å². The predicted molar refractivity (Wildman–Crippen MR) is 42.6 cm³/mol. The molecule has 0 aromatic carbocycles. The molecule has 0 amide bonds. The summed E-state index contributed by atoms with van der Waals surface area (Å²) in [6, 6.07) is 1.82. The maximum absolute atomic E-state index is 11.3. The van der Waals surface area contributed by atoms with E-state index in [1.807, 2.05) is 6.07 Å². The highest BCUT2D eigenvalue weighted by molar-refractivity contribution is 5.99. The first-order valence-corrected chi connectivity index (χ1v) is 3.58. The molecule has 0 atom stereocenters. The Kier molecular flexibility index (Phi) is 2.24. The van der Waals surface area contributed by atoms with E-state index < -0.39 is 0 Å². The molecular weight excluding hydrogens is 154 g/mol. The molecule has 0 aliphatic rings. The highest BCUT2D eigenvalue weighted by atomic mass is 16.1. The molecule has 0 aliphatic heterocycles. The van der Waals surface area contributed by atoms with E-state index in [0.29, 0.717) is 11.3 Å². The number of H-pyrrole nitrogens is 1. The molecule has 0 bridgehead atoms. The number of aromatic nitrogens is 2. The third kappa shape index (κ3) is 1.35. The Morgan fingerprint density at radius 1 is 1.67 bits per heavy atom. The summed E-state index contributed by atoms with van der Waals surface area (Å²) >= 11 is 0. The molecule has 0 unspecified atom stereocenters. The number of carbonyl (C=O) groups is 1. The summed E-state index contributed by atoms with van der Waals surface area (Å²) in [6.45, 7) is 3.51. The van der Waals surface area contributed by atoms with E-state index in [2.05, 4.69) is 10.2 Å². The second-order valence-corrected chi connectivity index (χ2v) is 2.57. The summed E-state index contributed by atoms with van der Waals surface area (Å²) in [5, 5.41) is 14.9. The van der Waals surface area contributed by atoms with E-state index in [9.17, 15) is 4.79 Å². The summed E-state index contributed by atoms with van der Waals surface area (Å²) in [5.41, 5.74) is 1.94. The summed E-state index contributed by atoms with van der Waals surface area (Å²) in [6.07, 6.45) is -0.0821. The molecular formula is C8H9N3O. The number of hydrogen-bond donors (Lipinski definition) is 1. The third-order valence-corrected chi connectivity index (χ3v) is 1.65. The number of aromatic amines is 1. The number of nitrogens with one attached hydrogen (secondary N) is 1. The molecule has 1 aromatic rings. The smallest absolute Gasteiger partial charge is 0.180 e. The van der Waals surface area contributed by atoms with E-state index in [0.717, 1.165) is 5.69 Å². The van der Waals surface area contributed by atoms with Gasteiger partial charge in [-0.3, -0.25) is 9.89 Å². The van der Waals surface area contributed by atoms with Crippen LogP contribution in [0.2, 0.25) is 0 Å². The maximum Gasteiger partial charge on any atom is 0.180 e. The van der Waals surface area contributed by atoms with Crippen LogP contribution in [0, 0.1) is 25.2 Å². The molecule has 0 spiro atoms. The van der Waals surface area contributed by atoms with Crippen LogP contribution in [0.4, 0.5) is 0 Å². The zero-order chi connectivity index (χ0) is 9.14. The van der Waals surface area contributed by atoms with Gasteiger partial charge in [0.1, 0.15) is 0 Å². The van der Waals surface area contributed by atoms with Crippen LogP contribution in [0.5, 0.6) is 0 Å². The van der Waals surface area contributed by atoms with Crippen LogP contribution in [-0.2, 0) is 0 Å². The Hall–Kier alpha value is -1.63. The fraction of sp³-hybridized carbons (Fsp3) is 0.375. The lowest BCUT2D eigenvalue weighted by Crippen LogP contribution is -2.00. The Morgan fingerprint density at radius 3 is 2.75 bits per heavy atom. The minimum atomic E-state index is -0.166. The fourth-order valence-electron chi connectivity index (χ4n) is 1.12. The van der Waals surface area contributed by atoms with E-state index in [-0.39, 0.29) is 12.2 Å². The van der Waals surface area contributed by atoms with Crippen molar-refractivity contribution in [3.63, 3.8) is 0 Å². The highest BCUT2D eigenvalue weighted by Crippen LogP contribution is 2.11. The number of nitrogens with zero attached hydrogens (tertiary/aromatic N) is 2. The molecule has 62 valence electrons. The molecule has 0 radical (unpaired) electrons. The van der Waals surface area contributed by atoms with Crippen LogP contribution in [0.1, 0.15) is 28.2 Å². The van der Waals surface area contributed by atoms with Crippen LogP contribution >= 0.6 is 0 Å². The normalized spacial score (nSPS) is 9.42. The van der Waals surface area contributed by atoms with E-state index >= 15 is 0 Å². The zero-order valence-corrected chi connectivity index (χ0v) is 7.01. The van der Waals surface area contributed by atoms with Crippen LogP contribution in [0.25, 0.3) is 0 Å². The average Bonchev–Trinajstić information content (AvgIpc) is 2.32. The van der Waals surface area contributed by atoms with Gasteiger partial charge in [-0.05, 0) is 13.8 Å². The Morgan fingerprint density at radius 2 is 2.33 bits per heavy atom. The summed E-state index contributed by atoms with van der Waals surface area (Å²) in [5.74, 6) is -0.166. The lowest BCUT2D eigenvalue weighted by atomic mass is 10.1. The maximum atomic E-state index is 11.3. The van der Waals surface area contributed by atoms with Crippen molar-refractivity contribution in [2.45, 2.75) is 20.3 Å². The highest BCUT2D eigenvalue weighted by Gasteiger charge is 2.13. The molecule has 0 saturated carbocycles. The van der Waals surface area contributed by atoms with Crippen molar-refractivity contribution in [2.24, 2.45) is 0 Å². The molecule has 1 rings (SSSR count). The molecule has 1 N–H and O–H groups in total. The molecule has 0 saturated heterocycles. The number of ketones is 1. The minimum absolute atomic E-state index is 0.0821. The SMILES string of the molecule is Cc1n[nH]c(C)c1C(=O)CC#N. The van der Waals surface area contributed by atoms with Gasteiger partial charge in [0.05, 0.1) is 23.7 Å². The topological polar surface area (TPSA) is 69.5 Å². The minimum Gasteiger partial charge on any atom is -0.293 e. The quantitative estimate of drug-likeness (QED) is 0.664. The third-order valence-electron chi connectivity index (χ3n) is 1.65. The molecule has 4 heteroatoms. The predicted octanol–water partition coefficient (Wildman–Crippen LogP) is 1.12. The number of carbonyl (C=O) groups excluding carboxylic acids is 1. The molecule has 0 fully saturated rings. The number of rotatable bonds is 2. The molecule has 0 aliphatic carbocycles. The first-order valence-electron chi connectivity index (χ1n) is 3.58. The van der Waals surface area contributed by atoms with Gasteiger partial charge in [0.25, 0.3) is 0 Å². The molecule has 1 aromatic heterocycles. The monoisotopic (exact) mass is 163 g/mol. The summed E-state index contributed by atoms with van der Waals surface area (Å²) in [7, 11) is 0.